The lowest BCUT2D eigenvalue weighted by molar-refractivity contribution is -0.143. The SMILES string of the molecule is CCOC(=O)Cn1c(=O)n(CC(=O)c2ccccc2)c(=O)c2c1nc(N1CCN(C(=O)O)CC1)n2CC=C(C)C. The normalized spacial score (nSPS) is 13.4. The van der Waals surface area contributed by atoms with Gasteiger partial charge in [0.05, 0.1) is 13.2 Å². The molecule has 1 N–H and O–H groups in total. The van der Waals surface area contributed by atoms with Gasteiger partial charge in [-0.1, -0.05) is 42.0 Å². The van der Waals surface area contributed by atoms with E-state index in [-0.39, 0.29) is 37.4 Å². The summed E-state index contributed by atoms with van der Waals surface area (Å²) in [7, 11) is 0. The zero-order valence-corrected chi connectivity index (χ0v) is 22.7. The summed E-state index contributed by atoms with van der Waals surface area (Å²) < 4.78 is 8.59. The largest absolute Gasteiger partial charge is 0.465 e. The number of allylic oxidation sites excluding steroid dienone is 2. The van der Waals surface area contributed by atoms with Gasteiger partial charge in [0, 0.05) is 38.3 Å². The van der Waals surface area contributed by atoms with Gasteiger partial charge >= 0.3 is 17.8 Å². The van der Waals surface area contributed by atoms with Crippen molar-refractivity contribution >= 4 is 35.0 Å². The fourth-order valence-corrected chi connectivity index (χ4v) is 4.54. The Labute approximate surface area is 229 Å². The molecule has 0 spiro atoms. The molecule has 0 saturated carbocycles. The van der Waals surface area contributed by atoms with E-state index in [4.69, 9.17) is 4.74 Å². The van der Waals surface area contributed by atoms with Gasteiger partial charge in [-0.15, -0.1) is 0 Å². The summed E-state index contributed by atoms with van der Waals surface area (Å²) in [4.78, 5) is 72.2. The maximum atomic E-state index is 13.9. The third-order valence-electron chi connectivity index (χ3n) is 6.60. The van der Waals surface area contributed by atoms with Crippen LogP contribution in [-0.2, 0) is 29.2 Å². The van der Waals surface area contributed by atoms with E-state index in [0.29, 0.717) is 24.6 Å². The van der Waals surface area contributed by atoms with Crippen LogP contribution in [0.3, 0.4) is 0 Å². The Morgan fingerprint density at radius 3 is 2.25 bits per heavy atom. The smallest absolute Gasteiger partial charge is 0.407 e. The molecule has 1 saturated heterocycles. The van der Waals surface area contributed by atoms with Crippen molar-refractivity contribution in [3.8, 4) is 0 Å². The van der Waals surface area contributed by atoms with Crippen LogP contribution in [0.4, 0.5) is 10.7 Å². The number of ether oxygens (including phenoxy) is 1. The van der Waals surface area contributed by atoms with Gasteiger partial charge in [-0.05, 0) is 20.8 Å². The quantitative estimate of drug-likeness (QED) is 0.237. The first-order valence-electron chi connectivity index (χ1n) is 13.0. The number of carboxylic acid groups (broad SMARTS) is 1. The number of hydrogen-bond acceptors (Lipinski definition) is 8. The lowest BCUT2D eigenvalue weighted by Crippen LogP contribution is -2.49. The van der Waals surface area contributed by atoms with Crippen LogP contribution in [0.15, 0.2) is 51.6 Å². The molecule has 3 heterocycles. The molecule has 1 aliphatic heterocycles. The van der Waals surface area contributed by atoms with Crippen molar-refractivity contribution in [1.29, 1.82) is 0 Å². The first-order chi connectivity index (χ1) is 19.1. The Bertz CT molecular complexity index is 1570. The number of nitrogens with zero attached hydrogens (tertiary/aromatic N) is 6. The van der Waals surface area contributed by atoms with E-state index in [1.807, 2.05) is 24.8 Å². The second kappa shape index (κ2) is 12.0. The standard InChI is InChI=1S/C27H32N6O7/c1-4-40-21(35)17-32-23-22(24(36)33(26(32)37)16-20(34)19-8-6-5-7-9-19)31(11-10-18(2)3)25(28-23)29-12-14-30(15-13-29)27(38)39/h5-10H,4,11-17H2,1-3H3,(H,38,39). The monoisotopic (exact) mass is 552 g/mol. The summed E-state index contributed by atoms with van der Waals surface area (Å²) in [6.45, 7) is 5.81. The fourth-order valence-electron chi connectivity index (χ4n) is 4.54. The number of rotatable bonds is 9. The highest BCUT2D eigenvalue weighted by atomic mass is 16.5. The van der Waals surface area contributed by atoms with Crippen molar-refractivity contribution < 1.29 is 24.2 Å². The number of Topliss-reactive ketones (excluding diaryl/α,β-unsaturated/α-hetero) is 1. The molecule has 0 bridgehead atoms. The van der Waals surface area contributed by atoms with E-state index in [1.165, 1.54) is 4.90 Å². The molecule has 3 aromatic rings. The molecule has 1 fully saturated rings. The fraction of sp³-hybridized carbons (Fsp3) is 0.407. The number of anilines is 1. The van der Waals surface area contributed by atoms with Gasteiger partial charge in [0.1, 0.15) is 6.54 Å². The number of hydrogen-bond donors (Lipinski definition) is 1. The zero-order valence-electron chi connectivity index (χ0n) is 22.7. The second-order valence-corrected chi connectivity index (χ2v) is 9.59. The van der Waals surface area contributed by atoms with Crippen molar-refractivity contribution in [3.05, 3.63) is 68.4 Å². The van der Waals surface area contributed by atoms with Crippen LogP contribution >= 0.6 is 0 Å². The van der Waals surface area contributed by atoms with E-state index in [0.717, 1.165) is 14.7 Å². The van der Waals surface area contributed by atoms with Crippen LogP contribution in [0, 0.1) is 0 Å². The Morgan fingerprint density at radius 2 is 1.65 bits per heavy atom. The van der Waals surface area contributed by atoms with Crippen LogP contribution in [0.5, 0.6) is 0 Å². The maximum absolute atomic E-state index is 13.9. The minimum absolute atomic E-state index is 0.00992. The third-order valence-corrected chi connectivity index (χ3v) is 6.60. The molecule has 0 unspecified atom stereocenters. The molecule has 13 nitrogen and oxygen atoms in total. The van der Waals surface area contributed by atoms with Gasteiger partial charge in [-0.3, -0.25) is 23.5 Å². The van der Waals surface area contributed by atoms with Crippen molar-refractivity contribution in [2.45, 2.75) is 40.4 Å². The molecular weight excluding hydrogens is 520 g/mol. The average Bonchev–Trinajstić information content (AvgIpc) is 3.32. The molecule has 1 aromatic carbocycles. The number of aromatic nitrogens is 4. The third kappa shape index (κ3) is 5.82. The van der Waals surface area contributed by atoms with Gasteiger partial charge in [-0.2, -0.15) is 4.98 Å². The highest BCUT2D eigenvalue weighted by molar-refractivity contribution is 5.96. The Kier molecular flexibility index (Phi) is 8.51. The molecule has 1 aliphatic rings. The van der Waals surface area contributed by atoms with Crippen LogP contribution in [-0.4, -0.2) is 79.3 Å². The Balaban J connectivity index is 1.92. The minimum Gasteiger partial charge on any atom is -0.465 e. The van der Waals surface area contributed by atoms with Crippen molar-refractivity contribution in [2.75, 3.05) is 37.7 Å². The Morgan fingerprint density at radius 1 is 0.975 bits per heavy atom. The molecule has 2 aromatic heterocycles. The van der Waals surface area contributed by atoms with E-state index in [2.05, 4.69) is 4.98 Å². The second-order valence-electron chi connectivity index (χ2n) is 9.59. The van der Waals surface area contributed by atoms with Crippen molar-refractivity contribution in [2.24, 2.45) is 0 Å². The predicted molar refractivity (Wildman–Crippen MR) is 147 cm³/mol. The number of carbonyl (C=O) groups excluding carboxylic acids is 2. The predicted octanol–water partition coefficient (Wildman–Crippen LogP) is 1.57. The number of esters is 1. The van der Waals surface area contributed by atoms with Gasteiger partial charge in [0.25, 0.3) is 5.56 Å². The highest BCUT2D eigenvalue weighted by Crippen LogP contribution is 2.22. The molecule has 0 atom stereocenters. The summed E-state index contributed by atoms with van der Waals surface area (Å²) in [5.41, 5.74) is -0.218. The first kappa shape index (κ1) is 28.3. The molecule has 4 rings (SSSR count). The van der Waals surface area contributed by atoms with Crippen LogP contribution in [0.2, 0.25) is 0 Å². The Hall–Kier alpha value is -4.68. The summed E-state index contributed by atoms with van der Waals surface area (Å²) >= 11 is 0. The number of piperazine rings is 1. The summed E-state index contributed by atoms with van der Waals surface area (Å²) in [6.07, 6.45) is 0.865. The lowest BCUT2D eigenvalue weighted by Gasteiger charge is -2.33. The average molecular weight is 553 g/mol. The number of carbonyl (C=O) groups is 3. The number of fused-ring (bicyclic) bond motifs is 1. The molecule has 13 heteroatoms. The molecule has 0 radical (unpaired) electrons. The maximum Gasteiger partial charge on any atom is 0.407 e. The van der Waals surface area contributed by atoms with E-state index in [1.54, 1.807) is 41.8 Å². The minimum atomic E-state index is -1.02. The van der Waals surface area contributed by atoms with Gasteiger partial charge in [0.15, 0.2) is 16.9 Å². The van der Waals surface area contributed by atoms with Gasteiger partial charge < -0.3 is 24.2 Å². The first-order valence-corrected chi connectivity index (χ1v) is 13.0. The van der Waals surface area contributed by atoms with Gasteiger partial charge in [-0.25, -0.2) is 9.59 Å². The van der Waals surface area contributed by atoms with Crippen LogP contribution < -0.4 is 16.1 Å². The van der Waals surface area contributed by atoms with E-state index >= 15 is 0 Å². The molecule has 0 aliphatic carbocycles. The summed E-state index contributed by atoms with van der Waals surface area (Å²) in [6, 6.07) is 8.31. The number of benzene rings is 1. The number of amides is 1. The molecular formula is C27H32N6O7. The summed E-state index contributed by atoms with van der Waals surface area (Å²) in [5, 5.41) is 9.35. The number of imidazole rings is 1. The van der Waals surface area contributed by atoms with E-state index in [9.17, 15) is 29.1 Å². The molecule has 1 amide bonds. The van der Waals surface area contributed by atoms with Gasteiger partial charge in [0.2, 0.25) is 5.95 Å². The highest BCUT2D eigenvalue weighted by Gasteiger charge is 2.28. The topological polar surface area (TPSA) is 149 Å². The van der Waals surface area contributed by atoms with Crippen LogP contribution in [0.25, 0.3) is 11.2 Å². The lowest BCUT2D eigenvalue weighted by atomic mass is 10.1. The number of ketones is 1. The zero-order chi connectivity index (χ0) is 29.0. The summed E-state index contributed by atoms with van der Waals surface area (Å²) in [5.74, 6) is -0.776. The molecule has 212 valence electrons. The van der Waals surface area contributed by atoms with Crippen molar-refractivity contribution in [1.82, 2.24) is 23.6 Å². The van der Waals surface area contributed by atoms with E-state index < -0.39 is 42.2 Å². The molecule has 40 heavy (non-hydrogen) atoms. The van der Waals surface area contributed by atoms with Crippen LogP contribution in [0.1, 0.15) is 31.1 Å². The van der Waals surface area contributed by atoms with Crippen molar-refractivity contribution in [3.63, 3.8) is 0 Å².